The molecule has 43 heavy (non-hydrogen) atoms. The fourth-order valence-electron chi connectivity index (χ4n) is 6.57. The number of benzene rings is 1. The normalized spacial score (nSPS) is 28.3. The standard InChI is InChI=1S/C26H27F7N2O6S2/c27-24(25(28,29)30,26(31,32)33)19-8-6-17-18(34-19)7-9-20-23(17,43(40,41)16-4-2-1-3-5-16)10-12-35(20)21(36)14-22(37)11-13-42(38,39)15-22/h1-6,8,20,37-39H,7,9-15H2. The molecule has 1 aromatic carbocycles. The Labute approximate surface area is 243 Å². The first-order valence-corrected chi connectivity index (χ1v) is 16.4. The highest BCUT2D eigenvalue weighted by Crippen LogP contribution is 2.56. The van der Waals surface area contributed by atoms with Crippen molar-refractivity contribution in [2.45, 2.75) is 71.4 Å². The van der Waals surface area contributed by atoms with Crippen LogP contribution in [0, 0.1) is 0 Å². The van der Waals surface area contributed by atoms with E-state index in [-0.39, 0.29) is 54.5 Å². The summed E-state index contributed by atoms with van der Waals surface area (Å²) in [6, 6.07) is 6.60. The number of likely N-dealkylation sites (tertiary alicyclic amines) is 1. The molecule has 3 unspecified atom stereocenters. The summed E-state index contributed by atoms with van der Waals surface area (Å²) in [5.74, 6) is -1.28. The number of aliphatic hydroxyl groups is 1. The van der Waals surface area contributed by atoms with E-state index in [0.29, 0.717) is 6.07 Å². The Morgan fingerprint density at radius 1 is 1.00 bits per heavy atom. The molecule has 3 atom stereocenters. The Morgan fingerprint density at radius 2 is 1.63 bits per heavy atom. The maximum absolute atomic E-state index is 14.9. The minimum Gasteiger partial charge on any atom is -0.388 e. The smallest absolute Gasteiger partial charge is 0.388 e. The molecule has 8 nitrogen and oxygen atoms in total. The maximum atomic E-state index is 14.9. The summed E-state index contributed by atoms with van der Waals surface area (Å²) in [5.41, 5.74) is -10.3. The molecule has 17 heteroatoms. The monoisotopic (exact) mass is 660 g/mol. The third-order valence-electron chi connectivity index (χ3n) is 8.59. The second-order valence-electron chi connectivity index (χ2n) is 11.2. The Morgan fingerprint density at radius 3 is 2.19 bits per heavy atom. The Hall–Kier alpha value is -2.47. The molecule has 2 saturated heterocycles. The van der Waals surface area contributed by atoms with Gasteiger partial charge in [-0.1, -0.05) is 24.3 Å². The van der Waals surface area contributed by atoms with Gasteiger partial charge in [-0.2, -0.15) is 36.9 Å². The number of carbonyl (C=O) groups excluding carboxylic acids is 1. The van der Waals surface area contributed by atoms with E-state index in [2.05, 4.69) is 4.98 Å². The Balaban J connectivity index is 1.62. The number of carbonyl (C=O) groups is 1. The predicted octanol–water partition coefficient (Wildman–Crippen LogP) is 4.86. The van der Waals surface area contributed by atoms with Crippen molar-refractivity contribution in [2.75, 3.05) is 18.1 Å². The number of hydrogen-bond donors (Lipinski definition) is 3. The van der Waals surface area contributed by atoms with Gasteiger partial charge in [0.15, 0.2) is 9.84 Å². The van der Waals surface area contributed by atoms with E-state index in [4.69, 9.17) is 0 Å². The molecule has 0 radical (unpaired) electrons. The lowest BCUT2D eigenvalue weighted by Crippen LogP contribution is -2.54. The fraction of sp³-hybridized carbons (Fsp3) is 0.538. The quantitative estimate of drug-likeness (QED) is 0.391. The van der Waals surface area contributed by atoms with Gasteiger partial charge in [0, 0.05) is 18.0 Å². The molecule has 3 N–H and O–H groups in total. The van der Waals surface area contributed by atoms with Crippen LogP contribution in [-0.2, 0) is 31.5 Å². The second-order valence-corrected chi connectivity index (χ2v) is 15.8. The van der Waals surface area contributed by atoms with E-state index in [0.717, 1.165) is 0 Å². The number of rotatable bonds is 5. The third-order valence-corrected chi connectivity index (χ3v) is 13.0. The lowest BCUT2D eigenvalue weighted by molar-refractivity contribution is -0.350. The van der Waals surface area contributed by atoms with Gasteiger partial charge in [-0.05, 0) is 49.4 Å². The number of sulfone groups is 1. The number of alkyl halides is 7. The van der Waals surface area contributed by atoms with Crippen LogP contribution in [0.2, 0.25) is 0 Å². The molecule has 3 heterocycles. The first-order chi connectivity index (χ1) is 19.7. The van der Waals surface area contributed by atoms with Crippen molar-refractivity contribution < 1.29 is 58.2 Å². The second kappa shape index (κ2) is 10.0. The van der Waals surface area contributed by atoms with Crippen LogP contribution in [-0.4, -0.2) is 80.5 Å². The molecule has 238 valence electrons. The topological polar surface area (TPSA) is 128 Å². The zero-order valence-electron chi connectivity index (χ0n) is 22.2. The van der Waals surface area contributed by atoms with Gasteiger partial charge in [0.05, 0.1) is 34.4 Å². The minimum atomic E-state index is -6.42. The molecule has 0 saturated carbocycles. The summed E-state index contributed by atoms with van der Waals surface area (Å²) < 4.78 is 142. The summed E-state index contributed by atoms with van der Waals surface area (Å²) in [6.07, 6.45) is -14.4. The molecule has 5 rings (SSSR count). The average Bonchev–Trinajstić information content (AvgIpc) is 3.44. The number of nitrogens with zero attached hydrogens (tertiary/aromatic N) is 2. The molecular formula is C26H27F7N2O6S2. The summed E-state index contributed by atoms with van der Waals surface area (Å²) >= 11 is 0. The van der Waals surface area contributed by atoms with Gasteiger partial charge in [0.25, 0.3) is 0 Å². The predicted molar refractivity (Wildman–Crippen MR) is 140 cm³/mol. The van der Waals surface area contributed by atoms with Crippen molar-refractivity contribution in [1.82, 2.24) is 9.88 Å². The number of aryl methyl sites for hydroxylation is 1. The summed E-state index contributed by atoms with van der Waals surface area (Å²) in [5, 5.41) is 10.9. The van der Waals surface area contributed by atoms with Gasteiger partial charge in [-0.3, -0.25) is 18.9 Å². The van der Waals surface area contributed by atoms with Crippen molar-refractivity contribution in [2.24, 2.45) is 0 Å². The van der Waals surface area contributed by atoms with Gasteiger partial charge in [-0.25, -0.2) is 12.8 Å². The van der Waals surface area contributed by atoms with Gasteiger partial charge in [0.1, 0.15) is 4.75 Å². The Bertz CT molecular complexity index is 1520. The molecule has 0 bridgehead atoms. The van der Waals surface area contributed by atoms with Crippen LogP contribution in [0.3, 0.4) is 0 Å². The van der Waals surface area contributed by atoms with E-state index in [1.807, 2.05) is 0 Å². The fourth-order valence-corrected chi connectivity index (χ4v) is 10.9. The van der Waals surface area contributed by atoms with Crippen LogP contribution in [0.15, 0.2) is 47.4 Å². The molecule has 2 fully saturated rings. The zero-order valence-corrected chi connectivity index (χ0v) is 23.8. The minimum absolute atomic E-state index is 0.0913. The van der Waals surface area contributed by atoms with E-state index >= 15 is 0 Å². The first kappa shape index (κ1) is 31.9. The van der Waals surface area contributed by atoms with Gasteiger partial charge >= 0.3 is 18.0 Å². The number of hydrogen-bond acceptors (Lipinski definition) is 7. The third kappa shape index (κ3) is 4.91. The maximum Gasteiger partial charge on any atom is 0.437 e. The van der Waals surface area contributed by atoms with Crippen LogP contribution in [0.4, 0.5) is 30.7 Å². The van der Waals surface area contributed by atoms with Crippen LogP contribution in [0.1, 0.15) is 42.6 Å². The van der Waals surface area contributed by atoms with E-state index < -0.39 is 84.3 Å². The first-order valence-electron chi connectivity index (χ1n) is 13.1. The molecule has 1 amide bonds. The van der Waals surface area contributed by atoms with Crippen LogP contribution in [0.5, 0.6) is 0 Å². The highest BCUT2D eigenvalue weighted by atomic mass is 32.3. The van der Waals surface area contributed by atoms with Crippen LogP contribution in [0.25, 0.3) is 0 Å². The van der Waals surface area contributed by atoms with Crippen LogP contribution < -0.4 is 0 Å². The number of halogens is 7. The molecule has 0 spiro atoms. The van der Waals surface area contributed by atoms with E-state index in [9.17, 15) is 58.2 Å². The van der Waals surface area contributed by atoms with Crippen molar-refractivity contribution in [3.8, 4) is 0 Å². The molecule has 2 aliphatic heterocycles. The molecule has 2 aromatic rings. The molecular weight excluding hydrogens is 633 g/mol. The SMILES string of the molecule is O=C(CC1(O)CCS(O)(O)C1)N1CCC2(S(=O)(=O)c3ccccc3)c3ccc(C(F)(C(F)(F)F)C(F)(F)F)nc3CCC12. The zero-order chi connectivity index (χ0) is 31.9. The van der Waals surface area contributed by atoms with Gasteiger partial charge in [0.2, 0.25) is 5.91 Å². The van der Waals surface area contributed by atoms with Crippen LogP contribution >= 0.6 is 10.6 Å². The Kier molecular flexibility index (Phi) is 7.44. The van der Waals surface area contributed by atoms with E-state index in [1.165, 1.54) is 35.2 Å². The number of aromatic nitrogens is 1. The van der Waals surface area contributed by atoms with Crippen molar-refractivity contribution in [3.63, 3.8) is 0 Å². The molecule has 3 aliphatic rings. The number of fused-ring (bicyclic) bond motifs is 3. The van der Waals surface area contributed by atoms with Gasteiger partial charge < -0.3 is 10.0 Å². The van der Waals surface area contributed by atoms with E-state index in [1.54, 1.807) is 0 Å². The highest BCUT2D eigenvalue weighted by Gasteiger charge is 2.75. The highest BCUT2D eigenvalue weighted by molar-refractivity contribution is 8.24. The van der Waals surface area contributed by atoms with Crippen molar-refractivity contribution in [1.29, 1.82) is 0 Å². The van der Waals surface area contributed by atoms with Crippen molar-refractivity contribution in [3.05, 3.63) is 59.4 Å². The summed E-state index contributed by atoms with van der Waals surface area (Å²) in [7, 11) is -7.63. The summed E-state index contributed by atoms with van der Waals surface area (Å²) in [4.78, 5) is 17.9. The number of pyridine rings is 1. The number of amides is 1. The average molecular weight is 661 g/mol. The van der Waals surface area contributed by atoms with Crippen molar-refractivity contribution >= 4 is 26.3 Å². The lowest BCUT2D eigenvalue weighted by Gasteiger charge is -2.43. The lowest BCUT2D eigenvalue weighted by atomic mass is 9.80. The molecule has 1 aliphatic carbocycles. The largest absolute Gasteiger partial charge is 0.437 e. The molecule has 1 aromatic heterocycles. The summed E-state index contributed by atoms with van der Waals surface area (Å²) in [6.45, 7) is -0.207. The van der Waals surface area contributed by atoms with Gasteiger partial charge in [-0.15, -0.1) is 0 Å².